The minimum atomic E-state index is 0. The third-order valence-electron chi connectivity index (χ3n) is 5.81. The Bertz CT molecular complexity index is 727. The Morgan fingerprint density at radius 1 is 1.29 bits per heavy atom. The molecule has 2 aliphatic heterocycles. The van der Waals surface area contributed by atoms with Crippen molar-refractivity contribution < 1.29 is 9.15 Å². The molecule has 2 aliphatic rings. The predicted octanol–water partition coefficient (Wildman–Crippen LogP) is 4.71. The van der Waals surface area contributed by atoms with Gasteiger partial charge < -0.3 is 19.4 Å². The van der Waals surface area contributed by atoms with Crippen molar-refractivity contribution in [3.63, 3.8) is 0 Å². The summed E-state index contributed by atoms with van der Waals surface area (Å²) >= 11 is 1.79. The predicted molar refractivity (Wildman–Crippen MR) is 125 cm³/mol. The largest absolute Gasteiger partial charge is 0.469 e. The zero-order valence-corrected chi connectivity index (χ0v) is 19.6. The summed E-state index contributed by atoms with van der Waals surface area (Å²) in [7, 11) is 0. The van der Waals surface area contributed by atoms with Crippen LogP contribution in [0.1, 0.15) is 42.9 Å². The minimum Gasteiger partial charge on any atom is -0.469 e. The van der Waals surface area contributed by atoms with Gasteiger partial charge in [-0.3, -0.25) is 4.99 Å². The SMILES string of the molecule is CC(NC(=NCCc1ccco1)N1CCC2(CCOCC2)C1)c1cccs1.I. The van der Waals surface area contributed by atoms with Crippen molar-refractivity contribution in [2.24, 2.45) is 10.4 Å². The number of likely N-dealkylation sites (tertiary alicyclic amines) is 1. The van der Waals surface area contributed by atoms with E-state index in [9.17, 15) is 0 Å². The standard InChI is InChI=1S/C21H29N3O2S.HI/c1-17(19-5-3-15-27-19)23-20(22-10-6-18-4-2-12-26-18)24-11-7-21(16-24)8-13-25-14-9-21;/h2-5,12,15,17H,6-11,13-14,16H2,1H3,(H,22,23);1H. The van der Waals surface area contributed by atoms with Crippen molar-refractivity contribution in [3.05, 3.63) is 46.5 Å². The van der Waals surface area contributed by atoms with Gasteiger partial charge in [-0.2, -0.15) is 0 Å². The van der Waals surface area contributed by atoms with Crippen molar-refractivity contribution >= 4 is 41.3 Å². The van der Waals surface area contributed by atoms with E-state index in [2.05, 4.69) is 34.7 Å². The molecule has 0 amide bonds. The number of nitrogens with zero attached hydrogens (tertiary/aromatic N) is 2. The van der Waals surface area contributed by atoms with E-state index < -0.39 is 0 Å². The van der Waals surface area contributed by atoms with Gasteiger partial charge in [0.05, 0.1) is 12.3 Å². The van der Waals surface area contributed by atoms with E-state index in [-0.39, 0.29) is 30.0 Å². The number of halogens is 1. The molecule has 4 rings (SSSR count). The van der Waals surface area contributed by atoms with Crippen molar-refractivity contribution in [1.82, 2.24) is 10.2 Å². The zero-order valence-electron chi connectivity index (χ0n) is 16.4. The minimum absolute atomic E-state index is 0. The molecule has 0 saturated carbocycles. The first-order chi connectivity index (χ1) is 13.2. The van der Waals surface area contributed by atoms with Crippen LogP contribution in [-0.4, -0.2) is 43.7 Å². The highest BCUT2D eigenvalue weighted by Crippen LogP contribution is 2.39. The topological polar surface area (TPSA) is 50.0 Å². The van der Waals surface area contributed by atoms with Crippen molar-refractivity contribution in [2.45, 2.75) is 38.6 Å². The fourth-order valence-corrected chi connectivity index (χ4v) is 4.83. The number of furan rings is 1. The summed E-state index contributed by atoms with van der Waals surface area (Å²) in [6, 6.07) is 8.51. The molecule has 7 heteroatoms. The number of hydrogen-bond acceptors (Lipinski definition) is 4. The van der Waals surface area contributed by atoms with Gasteiger partial charge in [-0.15, -0.1) is 35.3 Å². The highest BCUT2D eigenvalue weighted by molar-refractivity contribution is 14.0. The lowest BCUT2D eigenvalue weighted by Crippen LogP contribution is -2.43. The molecule has 2 saturated heterocycles. The van der Waals surface area contributed by atoms with E-state index in [1.165, 1.54) is 24.1 Å². The monoisotopic (exact) mass is 515 g/mol. The van der Waals surface area contributed by atoms with Gasteiger partial charge in [0.15, 0.2) is 5.96 Å². The molecule has 0 radical (unpaired) electrons. The second kappa shape index (κ2) is 10.1. The summed E-state index contributed by atoms with van der Waals surface area (Å²) < 4.78 is 11.1. The molecule has 2 fully saturated rings. The van der Waals surface area contributed by atoms with Crippen molar-refractivity contribution in [1.29, 1.82) is 0 Å². The maximum absolute atomic E-state index is 5.60. The molecular weight excluding hydrogens is 485 g/mol. The smallest absolute Gasteiger partial charge is 0.194 e. The number of ether oxygens (including phenoxy) is 1. The number of hydrogen-bond donors (Lipinski definition) is 1. The fourth-order valence-electron chi connectivity index (χ4n) is 4.09. The molecule has 5 nitrogen and oxygen atoms in total. The van der Waals surface area contributed by atoms with Gasteiger partial charge in [0, 0.05) is 44.1 Å². The Labute approximate surface area is 188 Å². The number of aliphatic imine (C=N–C) groups is 1. The van der Waals surface area contributed by atoms with Crippen molar-refractivity contribution in [2.75, 3.05) is 32.8 Å². The zero-order chi connectivity index (χ0) is 18.5. The summed E-state index contributed by atoms with van der Waals surface area (Å²) in [6.45, 7) is 6.91. The van der Waals surface area contributed by atoms with Crippen LogP contribution in [0.5, 0.6) is 0 Å². The first kappa shape index (κ1) is 21.6. The summed E-state index contributed by atoms with van der Waals surface area (Å²) in [5, 5.41) is 5.82. The van der Waals surface area contributed by atoms with Crippen LogP contribution >= 0.6 is 35.3 Å². The highest BCUT2D eigenvalue weighted by Gasteiger charge is 2.40. The van der Waals surface area contributed by atoms with Crippen LogP contribution in [0.2, 0.25) is 0 Å². The van der Waals surface area contributed by atoms with Crippen LogP contribution in [-0.2, 0) is 11.2 Å². The Hall–Kier alpha value is -1.06. The number of nitrogens with one attached hydrogen (secondary N) is 1. The second-order valence-corrected chi connectivity index (χ2v) is 8.68. The van der Waals surface area contributed by atoms with Crippen LogP contribution in [0.3, 0.4) is 0 Å². The van der Waals surface area contributed by atoms with E-state index in [1.807, 2.05) is 12.1 Å². The van der Waals surface area contributed by atoms with Gasteiger partial charge in [-0.1, -0.05) is 6.07 Å². The van der Waals surface area contributed by atoms with E-state index in [0.717, 1.165) is 51.0 Å². The molecule has 1 spiro atoms. The normalized spacial score (nSPS) is 20.2. The summed E-state index contributed by atoms with van der Waals surface area (Å²) in [5.41, 5.74) is 0.411. The van der Waals surface area contributed by atoms with Gasteiger partial charge in [-0.25, -0.2) is 0 Å². The van der Waals surface area contributed by atoms with Crippen LogP contribution < -0.4 is 5.32 Å². The fraction of sp³-hybridized carbons (Fsp3) is 0.571. The molecule has 0 aromatic carbocycles. The van der Waals surface area contributed by atoms with E-state index in [4.69, 9.17) is 14.1 Å². The average molecular weight is 515 g/mol. The van der Waals surface area contributed by atoms with Gasteiger partial charge >= 0.3 is 0 Å². The second-order valence-electron chi connectivity index (χ2n) is 7.70. The van der Waals surface area contributed by atoms with E-state index >= 15 is 0 Å². The molecule has 28 heavy (non-hydrogen) atoms. The quantitative estimate of drug-likeness (QED) is 0.356. The van der Waals surface area contributed by atoms with Gasteiger partial charge in [0.1, 0.15) is 5.76 Å². The first-order valence-corrected chi connectivity index (χ1v) is 10.8. The summed E-state index contributed by atoms with van der Waals surface area (Å²) in [6.07, 6.45) is 6.14. The first-order valence-electron chi connectivity index (χ1n) is 9.94. The van der Waals surface area contributed by atoms with Gasteiger partial charge in [0.25, 0.3) is 0 Å². The van der Waals surface area contributed by atoms with Crippen LogP contribution in [0, 0.1) is 5.41 Å². The molecule has 4 heterocycles. The van der Waals surface area contributed by atoms with Gasteiger partial charge in [-0.05, 0) is 55.2 Å². The number of rotatable bonds is 5. The Balaban J connectivity index is 0.00000225. The molecule has 1 atom stereocenters. The number of guanidine groups is 1. The Morgan fingerprint density at radius 2 is 2.14 bits per heavy atom. The van der Waals surface area contributed by atoms with Gasteiger partial charge in [0.2, 0.25) is 0 Å². The lowest BCUT2D eigenvalue weighted by atomic mass is 9.80. The Kier molecular flexibility index (Phi) is 7.82. The summed E-state index contributed by atoms with van der Waals surface area (Å²) in [4.78, 5) is 8.75. The van der Waals surface area contributed by atoms with Crippen LogP contribution in [0.15, 0.2) is 45.3 Å². The van der Waals surface area contributed by atoms with E-state index in [0.29, 0.717) is 5.41 Å². The molecule has 154 valence electrons. The molecule has 2 aromatic heterocycles. The molecule has 0 aliphatic carbocycles. The lowest BCUT2D eigenvalue weighted by Gasteiger charge is -2.34. The maximum Gasteiger partial charge on any atom is 0.194 e. The lowest BCUT2D eigenvalue weighted by molar-refractivity contribution is 0.0217. The highest BCUT2D eigenvalue weighted by atomic mass is 127. The third kappa shape index (κ3) is 5.30. The third-order valence-corrected chi connectivity index (χ3v) is 6.86. The van der Waals surface area contributed by atoms with E-state index in [1.54, 1.807) is 17.6 Å². The van der Waals surface area contributed by atoms with Crippen LogP contribution in [0.25, 0.3) is 0 Å². The average Bonchev–Trinajstić information content (AvgIpc) is 3.44. The molecule has 2 aromatic rings. The number of thiophene rings is 1. The van der Waals surface area contributed by atoms with Crippen molar-refractivity contribution in [3.8, 4) is 0 Å². The molecule has 1 N–H and O–H groups in total. The molecule has 1 unspecified atom stereocenters. The maximum atomic E-state index is 5.60. The summed E-state index contributed by atoms with van der Waals surface area (Å²) in [5.74, 6) is 2.03. The van der Waals surface area contributed by atoms with Crippen LogP contribution in [0.4, 0.5) is 0 Å². The molecule has 0 bridgehead atoms. The molecular formula is C21H30IN3O2S. The Morgan fingerprint density at radius 3 is 2.86 bits per heavy atom.